The number of benzene rings is 1. The van der Waals surface area contributed by atoms with E-state index < -0.39 is 17.2 Å². The lowest BCUT2D eigenvalue weighted by atomic mass is 9.81. The molecule has 1 rings (SSSR count). The highest BCUT2D eigenvalue weighted by atomic mass is 79.9. The molecule has 1 aromatic rings. The number of hydrogen-bond acceptors (Lipinski definition) is 3. The molecule has 0 unspecified atom stereocenters. The van der Waals surface area contributed by atoms with Crippen molar-refractivity contribution in [3.05, 3.63) is 21.9 Å². The van der Waals surface area contributed by atoms with Gasteiger partial charge in [0.2, 0.25) is 0 Å². The zero-order chi connectivity index (χ0) is 14.1. The number of hydrogen-bond donors (Lipinski definition) is 2. The van der Waals surface area contributed by atoms with Crippen molar-refractivity contribution in [2.45, 2.75) is 25.7 Å². The smallest absolute Gasteiger partial charge is 0.304 e. The number of aromatic hydroxyl groups is 1. The first kappa shape index (κ1) is 14.8. The maximum atomic E-state index is 13.6. The Labute approximate surface area is 113 Å². The standard InChI is InChI=1S/C12H14BrFO4/c1-12(2,5-8(15)16)6-4-7(13)9(14)11(18-3)10(6)17/h4,17H,5H2,1-3H3,(H,15,16). The minimum absolute atomic E-state index is 0.116. The molecular formula is C12H14BrFO4. The summed E-state index contributed by atoms with van der Waals surface area (Å²) in [7, 11) is 1.23. The van der Waals surface area contributed by atoms with Crippen LogP contribution in [0, 0.1) is 5.82 Å². The van der Waals surface area contributed by atoms with Gasteiger partial charge < -0.3 is 14.9 Å². The summed E-state index contributed by atoms with van der Waals surface area (Å²) < 4.78 is 18.6. The minimum atomic E-state index is -1.00. The van der Waals surface area contributed by atoms with E-state index in [1.165, 1.54) is 13.2 Å². The van der Waals surface area contributed by atoms with Crippen molar-refractivity contribution >= 4 is 21.9 Å². The van der Waals surface area contributed by atoms with E-state index in [2.05, 4.69) is 15.9 Å². The molecule has 0 radical (unpaired) electrons. The number of aliphatic carboxylic acids is 1. The van der Waals surface area contributed by atoms with E-state index in [0.29, 0.717) is 5.56 Å². The van der Waals surface area contributed by atoms with Gasteiger partial charge in [0.05, 0.1) is 18.0 Å². The fraction of sp³-hybridized carbons (Fsp3) is 0.417. The third-order valence-corrected chi connectivity index (χ3v) is 3.25. The number of phenolic OH excluding ortho intramolecular Hbond substituents is 1. The molecule has 0 saturated carbocycles. The van der Waals surface area contributed by atoms with E-state index in [4.69, 9.17) is 9.84 Å². The summed E-state index contributed by atoms with van der Waals surface area (Å²) in [5.41, 5.74) is -0.533. The van der Waals surface area contributed by atoms with Crippen LogP contribution >= 0.6 is 15.9 Å². The Bertz CT molecular complexity index is 485. The minimum Gasteiger partial charge on any atom is -0.504 e. The van der Waals surface area contributed by atoms with Gasteiger partial charge in [0.1, 0.15) is 0 Å². The van der Waals surface area contributed by atoms with E-state index in [1.807, 2.05) is 0 Å². The van der Waals surface area contributed by atoms with Crippen LogP contribution in [-0.4, -0.2) is 23.3 Å². The lowest BCUT2D eigenvalue weighted by Crippen LogP contribution is -2.22. The fourth-order valence-electron chi connectivity index (χ4n) is 1.77. The highest BCUT2D eigenvalue weighted by Crippen LogP contribution is 2.43. The Hall–Kier alpha value is -1.30. The van der Waals surface area contributed by atoms with Crippen LogP contribution in [0.5, 0.6) is 11.5 Å². The average molecular weight is 321 g/mol. The quantitative estimate of drug-likeness (QED) is 0.894. The third kappa shape index (κ3) is 2.75. The highest BCUT2D eigenvalue weighted by molar-refractivity contribution is 9.10. The zero-order valence-corrected chi connectivity index (χ0v) is 11.8. The fourth-order valence-corrected chi connectivity index (χ4v) is 2.18. The van der Waals surface area contributed by atoms with E-state index in [-0.39, 0.29) is 22.4 Å². The Balaban J connectivity index is 3.42. The lowest BCUT2D eigenvalue weighted by molar-refractivity contribution is -0.138. The summed E-state index contributed by atoms with van der Waals surface area (Å²) in [4.78, 5) is 10.8. The molecule has 0 fully saturated rings. The van der Waals surface area contributed by atoms with Gasteiger partial charge >= 0.3 is 5.97 Å². The van der Waals surface area contributed by atoms with Gasteiger partial charge in [0, 0.05) is 11.0 Å². The summed E-state index contributed by atoms with van der Waals surface area (Å²) >= 11 is 3.02. The van der Waals surface area contributed by atoms with Gasteiger partial charge in [-0.05, 0) is 22.0 Å². The third-order valence-electron chi connectivity index (χ3n) is 2.68. The predicted molar refractivity (Wildman–Crippen MR) is 67.6 cm³/mol. The Morgan fingerprint density at radius 2 is 2.11 bits per heavy atom. The molecule has 0 atom stereocenters. The number of methoxy groups -OCH3 is 1. The van der Waals surface area contributed by atoms with E-state index in [1.54, 1.807) is 13.8 Å². The van der Waals surface area contributed by atoms with Crippen molar-refractivity contribution in [1.29, 1.82) is 0 Å². The molecule has 1 aromatic carbocycles. The molecule has 4 nitrogen and oxygen atoms in total. The summed E-state index contributed by atoms with van der Waals surface area (Å²) in [5.74, 6) is -2.38. The second kappa shape index (κ2) is 5.14. The van der Waals surface area contributed by atoms with Crippen molar-refractivity contribution in [3.8, 4) is 11.5 Å². The molecule has 2 N–H and O–H groups in total. The second-order valence-corrected chi connectivity index (χ2v) is 5.41. The monoisotopic (exact) mass is 320 g/mol. The summed E-state index contributed by atoms with van der Waals surface area (Å²) in [6.07, 6.45) is -0.193. The highest BCUT2D eigenvalue weighted by Gasteiger charge is 2.30. The van der Waals surface area contributed by atoms with Crippen LogP contribution in [-0.2, 0) is 10.2 Å². The van der Waals surface area contributed by atoms with Crippen molar-refractivity contribution in [2.24, 2.45) is 0 Å². The zero-order valence-electron chi connectivity index (χ0n) is 10.3. The van der Waals surface area contributed by atoms with Gasteiger partial charge in [0.25, 0.3) is 0 Å². The van der Waals surface area contributed by atoms with Crippen LogP contribution in [0.25, 0.3) is 0 Å². The van der Waals surface area contributed by atoms with E-state index in [9.17, 15) is 14.3 Å². The predicted octanol–water partition coefficient (Wildman–Crippen LogP) is 3.05. The molecule has 0 saturated heterocycles. The summed E-state index contributed by atoms with van der Waals surface area (Å²) in [6.45, 7) is 3.31. The molecule has 0 aliphatic heterocycles. The maximum Gasteiger partial charge on any atom is 0.304 e. The van der Waals surface area contributed by atoms with Gasteiger partial charge in [-0.2, -0.15) is 0 Å². The molecule has 0 aliphatic rings. The number of ether oxygens (including phenoxy) is 1. The van der Waals surface area contributed by atoms with Crippen molar-refractivity contribution < 1.29 is 24.1 Å². The van der Waals surface area contributed by atoms with Gasteiger partial charge in [-0.15, -0.1) is 0 Å². The summed E-state index contributed by atoms with van der Waals surface area (Å²) in [5, 5.41) is 18.8. The maximum absolute atomic E-state index is 13.6. The van der Waals surface area contributed by atoms with Crippen molar-refractivity contribution in [1.82, 2.24) is 0 Å². The SMILES string of the molecule is COc1c(O)c(C(C)(C)CC(=O)O)cc(Br)c1F. The topological polar surface area (TPSA) is 66.8 Å². The molecule has 0 bridgehead atoms. The largest absolute Gasteiger partial charge is 0.504 e. The van der Waals surface area contributed by atoms with Crippen molar-refractivity contribution in [3.63, 3.8) is 0 Å². The molecule has 6 heteroatoms. The van der Waals surface area contributed by atoms with Crippen LogP contribution in [0.1, 0.15) is 25.8 Å². The van der Waals surface area contributed by atoms with E-state index in [0.717, 1.165) is 0 Å². The first-order valence-electron chi connectivity index (χ1n) is 5.18. The average Bonchev–Trinajstić information content (AvgIpc) is 2.22. The number of halogens is 2. The first-order chi connectivity index (χ1) is 8.20. The van der Waals surface area contributed by atoms with Crippen LogP contribution in [0.15, 0.2) is 10.5 Å². The number of rotatable bonds is 4. The van der Waals surface area contributed by atoms with Gasteiger partial charge in [-0.25, -0.2) is 4.39 Å². The normalized spacial score (nSPS) is 11.4. The van der Waals surface area contributed by atoms with Gasteiger partial charge in [-0.3, -0.25) is 4.79 Å². The Morgan fingerprint density at radius 1 is 1.56 bits per heavy atom. The van der Waals surface area contributed by atoms with Gasteiger partial charge in [0.15, 0.2) is 17.3 Å². The number of carboxylic acids is 1. The molecule has 18 heavy (non-hydrogen) atoms. The van der Waals surface area contributed by atoms with Crippen LogP contribution in [0.2, 0.25) is 0 Å². The van der Waals surface area contributed by atoms with Crippen LogP contribution < -0.4 is 4.74 Å². The molecule has 0 spiro atoms. The molecule has 0 aliphatic carbocycles. The van der Waals surface area contributed by atoms with Crippen molar-refractivity contribution in [2.75, 3.05) is 7.11 Å². The molecule has 0 heterocycles. The molecular weight excluding hydrogens is 307 g/mol. The van der Waals surface area contributed by atoms with Crippen LogP contribution in [0.4, 0.5) is 4.39 Å². The van der Waals surface area contributed by atoms with Gasteiger partial charge in [-0.1, -0.05) is 13.8 Å². The second-order valence-electron chi connectivity index (χ2n) is 4.56. The summed E-state index contributed by atoms with van der Waals surface area (Å²) in [6, 6.07) is 1.37. The molecule has 0 aromatic heterocycles. The Kier molecular flexibility index (Phi) is 4.21. The number of phenols is 1. The number of carbonyl (C=O) groups is 1. The number of carboxylic acid groups (broad SMARTS) is 1. The Morgan fingerprint density at radius 3 is 2.56 bits per heavy atom. The molecule has 0 amide bonds. The lowest BCUT2D eigenvalue weighted by Gasteiger charge is -2.25. The van der Waals surface area contributed by atoms with Crippen LogP contribution in [0.3, 0.4) is 0 Å². The molecule has 100 valence electrons. The first-order valence-corrected chi connectivity index (χ1v) is 5.97. The van der Waals surface area contributed by atoms with E-state index >= 15 is 0 Å².